The van der Waals surface area contributed by atoms with Gasteiger partial charge in [-0.2, -0.15) is 0 Å². The fourth-order valence-corrected chi connectivity index (χ4v) is 2.82. The second kappa shape index (κ2) is 6.08. The first-order valence-electron chi connectivity index (χ1n) is 5.45. The summed E-state index contributed by atoms with van der Waals surface area (Å²) in [6.07, 6.45) is 3.82. The molecule has 2 N–H and O–H groups in total. The Balaban J connectivity index is 2.35. The van der Waals surface area contributed by atoms with Gasteiger partial charge in [0, 0.05) is 10.9 Å². The Kier molecular flexibility index (Phi) is 4.44. The highest BCUT2D eigenvalue weighted by atomic mass is 79.9. The van der Waals surface area contributed by atoms with E-state index in [9.17, 15) is 0 Å². The molecule has 0 fully saturated rings. The summed E-state index contributed by atoms with van der Waals surface area (Å²) in [7, 11) is 3.24. The lowest BCUT2D eigenvalue weighted by Crippen LogP contribution is -1.92. The summed E-state index contributed by atoms with van der Waals surface area (Å²) < 4.78 is 11.4. The maximum Gasteiger partial charge on any atom is 0.180 e. The summed E-state index contributed by atoms with van der Waals surface area (Å²) in [6.45, 7) is 0. The highest BCUT2D eigenvalue weighted by Gasteiger charge is 2.10. The van der Waals surface area contributed by atoms with Crippen LogP contribution in [0.15, 0.2) is 22.0 Å². The van der Waals surface area contributed by atoms with Gasteiger partial charge in [0.1, 0.15) is 16.0 Å². The van der Waals surface area contributed by atoms with Crippen molar-refractivity contribution in [2.75, 3.05) is 20.0 Å². The zero-order valence-corrected chi connectivity index (χ0v) is 12.9. The summed E-state index contributed by atoms with van der Waals surface area (Å²) in [4.78, 5) is 4.17. The molecular formula is C13H13BrN2O2S. The monoisotopic (exact) mass is 340 g/mol. The van der Waals surface area contributed by atoms with Crippen molar-refractivity contribution in [3.63, 3.8) is 0 Å². The molecule has 1 heterocycles. The molecule has 0 spiro atoms. The molecule has 100 valence electrons. The van der Waals surface area contributed by atoms with Crippen LogP contribution in [0.25, 0.3) is 12.2 Å². The second-order valence-electron chi connectivity index (χ2n) is 3.65. The number of hydrogen-bond acceptors (Lipinski definition) is 5. The molecule has 0 aliphatic heterocycles. The van der Waals surface area contributed by atoms with E-state index >= 15 is 0 Å². The molecule has 0 bridgehead atoms. The first kappa shape index (κ1) is 13.9. The minimum Gasteiger partial charge on any atom is -0.495 e. The normalized spacial score (nSPS) is 10.9. The molecule has 1 aromatic carbocycles. The molecule has 0 amide bonds. The van der Waals surface area contributed by atoms with Gasteiger partial charge in [0.15, 0.2) is 5.13 Å². The SMILES string of the molecule is COc1ccc(/C=C/c2csc(N)n2)c(OC)c1Br. The number of halogens is 1. The van der Waals surface area contributed by atoms with Crippen molar-refractivity contribution in [3.8, 4) is 11.5 Å². The lowest BCUT2D eigenvalue weighted by molar-refractivity contribution is 0.389. The van der Waals surface area contributed by atoms with Crippen LogP contribution < -0.4 is 15.2 Å². The molecule has 0 unspecified atom stereocenters. The molecule has 19 heavy (non-hydrogen) atoms. The standard InChI is InChI=1S/C13H13BrN2O2S/c1-17-10-6-4-8(12(18-2)11(10)14)3-5-9-7-19-13(15)16-9/h3-7H,1-2H3,(H2,15,16)/b5-3+. The van der Waals surface area contributed by atoms with Crippen LogP contribution in [0.4, 0.5) is 5.13 Å². The van der Waals surface area contributed by atoms with E-state index in [1.54, 1.807) is 14.2 Å². The Morgan fingerprint density at radius 1 is 1.26 bits per heavy atom. The number of nitrogens with zero attached hydrogens (tertiary/aromatic N) is 1. The summed E-state index contributed by atoms with van der Waals surface area (Å²) >= 11 is 4.88. The lowest BCUT2D eigenvalue weighted by atomic mass is 10.1. The summed E-state index contributed by atoms with van der Waals surface area (Å²) in [6, 6.07) is 3.80. The number of methoxy groups -OCH3 is 2. The molecule has 2 aromatic rings. The van der Waals surface area contributed by atoms with Crippen molar-refractivity contribution in [3.05, 3.63) is 33.2 Å². The Morgan fingerprint density at radius 2 is 2.05 bits per heavy atom. The van der Waals surface area contributed by atoms with Crippen LogP contribution in [0, 0.1) is 0 Å². The van der Waals surface area contributed by atoms with E-state index in [0.717, 1.165) is 27.2 Å². The van der Waals surface area contributed by atoms with Gasteiger partial charge in [-0.05, 0) is 40.2 Å². The Hall–Kier alpha value is -1.53. The van der Waals surface area contributed by atoms with Crippen LogP contribution >= 0.6 is 27.3 Å². The van der Waals surface area contributed by atoms with Gasteiger partial charge in [-0.15, -0.1) is 11.3 Å². The maximum atomic E-state index is 5.59. The number of ether oxygens (including phenoxy) is 2. The van der Waals surface area contributed by atoms with Crippen LogP contribution in [0.2, 0.25) is 0 Å². The molecule has 1 aromatic heterocycles. The minimum absolute atomic E-state index is 0.558. The highest BCUT2D eigenvalue weighted by Crippen LogP contribution is 2.37. The highest BCUT2D eigenvalue weighted by molar-refractivity contribution is 9.10. The van der Waals surface area contributed by atoms with E-state index in [-0.39, 0.29) is 0 Å². The van der Waals surface area contributed by atoms with Crippen molar-refractivity contribution in [1.82, 2.24) is 4.98 Å². The van der Waals surface area contributed by atoms with Gasteiger partial charge in [-0.25, -0.2) is 4.98 Å². The average molecular weight is 341 g/mol. The zero-order chi connectivity index (χ0) is 13.8. The third-order valence-corrected chi connectivity index (χ3v) is 3.93. The second-order valence-corrected chi connectivity index (χ2v) is 5.33. The van der Waals surface area contributed by atoms with E-state index in [2.05, 4.69) is 20.9 Å². The van der Waals surface area contributed by atoms with Crippen molar-refractivity contribution in [2.45, 2.75) is 0 Å². The molecule has 0 aliphatic carbocycles. The maximum absolute atomic E-state index is 5.59. The van der Waals surface area contributed by atoms with Crippen molar-refractivity contribution < 1.29 is 9.47 Å². The summed E-state index contributed by atoms with van der Waals surface area (Å²) in [5, 5.41) is 2.46. The number of nitrogen functional groups attached to an aromatic ring is 1. The number of benzene rings is 1. The average Bonchev–Trinajstić information content (AvgIpc) is 2.82. The smallest absolute Gasteiger partial charge is 0.180 e. The van der Waals surface area contributed by atoms with Crippen LogP contribution in [-0.2, 0) is 0 Å². The van der Waals surface area contributed by atoms with Gasteiger partial charge >= 0.3 is 0 Å². The number of aromatic nitrogens is 1. The molecule has 0 saturated carbocycles. The first-order valence-corrected chi connectivity index (χ1v) is 7.12. The van der Waals surface area contributed by atoms with Gasteiger partial charge in [0.25, 0.3) is 0 Å². The molecule has 0 radical (unpaired) electrons. The number of nitrogens with two attached hydrogens (primary N) is 1. The van der Waals surface area contributed by atoms with Gasteiger partial charge < -0.3 is 15.2 Å². The topological polar surface area (TPSA) is 57.4 Å². The quantitative estimate of drug-likeness (QED) is 0.922. The van der Waals surface area contributed by atoms with Gasteiger partial charge in [-0.3, -0.25) is 0 Å². The minimum atomic E-state index is 0.558. The molecule has 4 nitrogen and oxygen atoms in total. The predicted molar refractivity (Wildman–Crippen MR) is 82.7 cm³/mol. The Morgan fingerprint density at radius 3 is 2.63 bits per heavy atom. The van der Waals surface area contributed by atoms with Crippen LogP contribution in [0.5, 0.6) is 11.5 Å². The van der Waals surface area contributed by atoms with E-state index in [4.69, 9.17) is 15.2 Å². The van der Waals surface area contributed by atoms with Crippen LogP contribution in [0.1, 0.15) is 11.3 Å². The van der Waals surface area contributed by atoms with Crippen molar-refractivity contribution >= 4 is 44.6 Å². The van der Waals surface area contributed by atoms with E-state index in [0.29, 0.717) is 5.13 Å². The van der Waals surface area contributed by atoms with Gasteiger partial charge in [0.2, 0.25) is 0 Å². The third-order valence-electron chi connectivity index (χ3n) is 2.49. The largest absolute Gasteiger partial charge is 0.495 e. The molecule has 2 rings (SSSR count). The van der Waals surface area contributed by atoms with E-state index in [1.165, 1.54) is 11.3 Å². The number of hydrogen-bond donors (Lipinski definition) is 1. The van der Waals surface area contributed by atoms with Crippen molar-refractivity contribution in [2.24, 2.45) is 0 Å². The van der Waals surface area contributed by atoms with Crippen molar-refractivity contribution in [1.29, 1.82) is 0 Å². The van der Waals surface area contributed by atoms with E-state index in [1.807, 2.05) is 29.7 Å². The summed E-state index contributed by atoms with van der Waals surface area (Å²) in [5.41, 5.74) is 7.35. The third kappa shape index (κ3) is 3.08. The lowest BCUT2D eigenvalue weighted by Gasteiger charge is -2.10. The molecule has 0 atom stereocenters. The zero-order valence-electron chi connectivity index (χ0n) is 10.5. The number of thiazole rings is 1. The van der Waals surface area contributed by atoms with E-state index < -0.39 is 0 Å². The molecule has 0 aliphatic rings. The van der Waals surface area contributed by atoms with Crippen LogP contribution in [-0.4, -0.2) is 19.2 Å². The summed E-state index contributed by atoms with van der Waals surface area (Å²) in [5.74, 6) is 1.45. The number of anilines is 1. The molecule has 0 saturated heterocycles. The Bertz CT molecular complexity index is 611. The molecular weight excluding hydrogens is 328 g/mol. The molecule has 6 heteroatoms. The fourth-order valence-electron chi connectivity index (χ4n) is 1.60. The fraction of sp³-hybridized carbons (Fsp3) is 0.154. The Labute approximate surface area is 124 Å². The predicted octanol–water partition coefficient (Wildman–Crippen LogP) is 3.68. The van der Waals surface area contributed by atoms with Gasteiger partial charge in [-0.1, -0.05) is 0 Å². The van der Waals surface area contributed by atoms with Crippen LogP contribution in [0.3, 0.4) is 0 Å². The number of rotatable bonds is 4. The van der Waals surface area contributed by atoms with Gasteiger partial charge in [0.05, 0.1) is 19.9 Å². The first-order chi connectivity index (χ1) is 9.15.